The first-order valence-corrected chi connectivity index (χ1v) is 13.5. The van der Waals surface area contributed by atoms with Crippen LogP contribution in [0.5, 0.6) is 5.75 Å². The van der Waals surface area contributed by atoms with Gasteiger partial charge in [-0.3, -0.25) is 9.69 Å². The summed E-state index contributed by atoms with van der Waals surface area (Å²) in [7, 11) is 0. The summed E-state index contributed by atoms with van der Waals surface area (Å²) in [6, 6.07) is 26.0. The molecule has 1 saturated heterocycles. The second-order valence-electron chi connectivity index (χ2n) is 8.86. The van der Waals surface area contributed by atoms with Gasteiger partial charge in [-0.1, -0.05) is 85.2 Å². The number of amides is 1. The van der Waals surface area contributed by atoms with Crippen LogP contribution in [0.1, 0.15) is 16.7 Å². The van der Waals surface area contributed by atoms with Gasteiger partial charge in [0.15, 0.2) is 0 Å². The van der Waals surface area contributed by atoms with Crippen molar-refractivity contribution >= 4 is 40.3 Å². The topological polar surface area (TPSA) is 47.4 Å². The van der Waals surface area contributed by atoms with E-state index >= 15 is 0 Å². The average Bonchev–Trinajstić information content (AvgIpc) is 3.47. The van der Waals surface area contributed by atoms with Crippen LogP contribution in [-0.4, -0.2) is 38.1 Å². The van der Waals surface area contributed by atoms with Gasteiger partial charge in [0.25, 0.3) is 5.91 Å². The van der Waals surface area contributed by atoms with E-state index in [0.717, 1.165) is 40.2 Å². The number of hydrogen-bond acceptors (Lipinski definition) is 5. The first-order chi connectivity index (χ1) is 18.5. The van der Waals surface area contributed by atoms with Crippen LogP contribution in [0.15, 0.2) is 103 Å². The number of nitrogens with zero attached hydrogens (tertiary/aromatic N) is 3. The fraction of sp³-hybridized carbons (Fsp3) is 0.129. The molecule has 1 aliphatic heterocycles. The van der Waals surface area contributed by atoms with Crippen LogP contribution in [0.25, 0.3) is 23.0 Å². The number of benzene rings is 3. The van der Waals surface area contributed by atoms with Crippen LogP contribution in [0, 0.1) is 6.92 Å². The summed E-state index contributed by atoms with van der Waals surface area (Å²) in [5.74, 6) is 0.703. The summed E-state index contributed by atoms with van der Waals surface area (Å²) < 4.78 is 8.13. The first kappa shape index (κ1) is 25.7. The van der Waals surface area contributed by atoms with E-state index in [1.807, 2.05) is 90.6 Å². The van der Waals surface area contributed by atoms with E-state index < -0.39 is 0 Å². The lowest BCUT2D eigenvalue weighted by Crippen LogP contribution is -2.30. The van der Waals surface area contributed by atoms with Gasteiger partial charge in [0, 0.05) is 23.9 Å². The Morgan fingerprint density at radius 1 is 1.05 bits per heavy atom. The van der Waals surface area contributed by atoms with Crippen molar-refractivity contribution in [1.82, 2.24) is 14.7 Å². The zero-order valence-corrected chi connectivity index (χ0v) is 22.7. The fourth-order valence-electron chi connectivity index (χ4n) is 4.28. The van der Waals surface area contributed by atoms with Crippen LogP contribution in [0.3, 0.4) is 0 Å². The number of aryl methyl sites for hydroxylation is 1. The quantitative estimate of drug-likeness (QED) is 0.133. The molecule has 2 heterocycles. The summed E-state index contributed by atoms with van der Waals surface area (Å²) in [6.07, 6.45) is 6.34. The molecule has 5 rings (SSSR count). The van der Waals surface area contributed by atoms with Crippen LogP contribution in [0.4, 0.5) is 0 Å². The highest BCUT2D eigenvalue weighted by Crippen LogP contribution is 2.36. The Kier molecular flexibility index (Phi) is 7.86. The fourth-order valence-corrected chi connectivity index (χ4v) is 5.58. The number of hydrogen-bond donors (Lipinski definition) is 0. The molecule has 1 fully saturated rings. The third-order valence-electron chi connectivity index (χ3n) is 6.21. The molecule has 38 heavy (non-hydrogen) atoms. The second kappa shape index (κ2) is 11.6. The zero-order chi connectivity index (χ0) is 26.5. The molecule has 1 aliphatic rings. The maximum Gasteiger partial charge on any atom is 0.266 e. The van der Waals surface area contributed by atoms with E-state index in [1.54, 1.807) is 11.0 Å². The molecule has 3 aromatic carbocycles. The standard InChI is InChI=1S/C31H27N3O2S2/c1-3-18-36-26-14-15-27(22(2)19-26)29-24(21-34(32-29)25-12-8-5-9-13-25)20-28-30(35)33(31(37)38-28)17-16-23-10-6-4-7-11-23/h3-15,19-21H,1,16-18H2,2H3/b28-20+. The lowest BCUT2D eigenvalue weighted by Gasteiger charge is -2.14. The lowest BCUT2D eigenvalue weighted by molar-refractivity contribution is -0.122. The number of para-hydroxylation sites is 1. The van der Waals surface area contributed by atoms with Crippen molar-refractivity contribution in [2.45, 2.75) is 13.3 Å². The highest BCUT2D eigenvalue weighted by atomic mass is 32.2. The Labute approximate surface area is 232 Å². The molecule has 1 aromatic heterocycles. The molecule has 0 N–H and O–H groups in total. The van der Waals surface area contributed by atoms with Crippen molar-refractivity contribution < 1.29 is 9.53 Å². The minimum absolute atomic E-state index is 0.0702. The number of thioether (sulfide) groups is 1. The summed E-state index contributed by atoms with van der Waals surface area (Å²) in [5.41, 5.74) is 5.74. The van der Waals surface area contributed by atoms with Crippen molar-refractivity contribution in [2.24, 2.45) is 0 Å². The molecule has 0 atom stereocenters. The number of thiocarbonyl (C=S) groups is 1. The molecule has 0 saturated carbocycles. The van der Waals surface area contributed by atoms with E-state index in [0.29, 0.717) is 22.4 Å². The van der Waals surface area contributed by atoms with Gasteiger partial charge in [-0.05, 0) is 60.9 Å². The smallest absolute Gasteiger partial charge is 0.266 e. The predicted molar refractivity (Wildman–Crippen MR) is 159 cm³/mol. The van der Waals surface area contributed by atoms with Crippen molar-refractivity contribution in [1.29, 1.82) is 0 Å². The summed E-state index contributed by atoms with van der Waals surface area (Å²) >= 11 is 6.93. The van der Waals surface area contributed by atoms with E-state index in [2.05, 4.69) is 18.7 Å². The number of rotatable bonds is 9. The van der Waals surface area contributed by atoms with Gasteiger partial charge < -0.3 is 4.74 Å². The van der Waals surface area contributed by atoms with Gasteiger partial charge in [-0.15, -0.1) is 0 Å². The third kappa shape index (κ3) is 5.64. The van der Waals surface area contributed by atoms with Crippen LogP contribution < -0.4 is 4.74 Å². The first-order valence-electron chi connectivity index (χ1n) is 12.3. The van der Waals surface area contributed by atoms with Crippen LogP contribution in [-0.2, 0) is 11.2 Å². The molecule has 0 unspecified atom stereocenters. The van der Waals surface area contributed by atoms with Gasteiger partial charge >= 0.3 is 0 Å². The van der Waals surface area contributed by atoms with E-state index in [4.69, 9.17) is 22.1 Å². The molecular formula is C31H27N3O2S2. The predicted octanol–water partition coefficient (Wildman–Crippen LogP) is 6.86. The highest BCUT2D eigenvalue weighted by molar-refractivity contribution is 8.26. The normalized spacial score (nSPS) is 14.3. The number of carbonyl (C=O) groups is 1. The number of carbonyl (C=O) groups excluding carboxylic acids is 1. The van der Waals surface area contributed by atoms with Crippen LogP contribution >= 0.6 is 24.0 Å². The zero-order valence-electron chi connectivity index (χ0n) is 21.0. The number of ether oxygens (including phenoxy) is 1. The Morgan fingerprint density at radius 3 is 2.50 bits per heavy atom. The SMILES string of the molecule is C=CCOc1ccc(-c2nn(-c3ccccc3)cc2/C=C2/SC(=S)N(CCc3ccccc3)C2=O)c(C)c1. The molecule has 0 aliphatic carbocycles. The van der Waals surface area contributed by atoms with E-state index in [1.165, 1.54) is 17.3 Å². The average molecular weight is 538 g/mol. The van der Waals surface area contributed by atoms with Crippen LogP contribution in [0.2, 0.25) is 0 Å². The molecule has 5 nitrogen and oxygen atoms in total. The minimum Gasteiger partial charge on any atom is -0.490 e. The van der Waals surface area contributed by atoms with Crippen molar-refractivity contribution in [3.05, 3.63) is 119 Å². The molecular weight excluding hydrogens is 510 g/mol. The number of aromatic nitrogens is 2. The maximum atomic E-state index is 13.4. The Bertz CT molecular complexity index is 1510. The van der Waals surface area contributed by atoms with Gasteiger partial charge in [0.05, 0.1) is 10.6 Å². The third-order valence-corrected chi connectivity index (χ3v) is 7.59. The van der Waals surface area contributed by atoms with Gasteiger partial charge in [0.1, 0.15) is 22.4 Å². The Hall–Kier alpha value is -3.94. The molecule has 190 valence electrons. The molecule has 0 spiro atoms. The van der Waals surface area contributed by atoms with Gasteiger partial charge in [-0.2, -0.15) is 5.10 Å². The minimum atomic E-state index is -0.0702. The van der Waals surface area contributed by atoms with Crippen molar-refractivity contribution in [3.8, 4) is 22.7 Å². The molecule has 0 bridgehead atoms. The molecule has 0 radical (unpaired) electrons. The molecule has 1 amide bonds. The Morgan fingerprint density at radius 2 is 1.79 bits per heavy atom. The summed E-state index contributed by atoms with van der Waals surface area (Å²) in [6.45, 7) is 6.74. The lowest BCUT2D eigenvalue weighted by atomic mass is 10.0. The summed E-state index contributed by atoms with van der Waals surface area (Å²) in [5, 5.41) is 4.93. The monoisotopic (exact) mass is 537 g/mol. The molecule has 4 aromatic rings. The Balaban J connectivity index is 1.48. The highest BCUT2D eigenvalue weighted by Gasteiger charge is 2.32. The van der Waals surface area contributed by atoms with Gasteiger partial charge in [0.2, 0.25) is 0 Å². The second-order valence-corrected chi connectivity index (χ2v) is 10.5. The van der Waals surface area contributed by atoms with E-state index in [-0.39, 0.29) is 5.91 Å². The summed E-state index contributed by atoms with van der Waals surface area (Å²) in [4.78, 5) is 15.7. The van der Waals surface area contributed by atoms with E-state index in [9.17, 15) is 4.79 Å². The van der Waals surface area contributed by atoms with Gasteiger partial charge in [-0.25, -0.2) is 4.68 Å². The molecule has 7 heteroatoms. The van der Waals surface area contributed by atoms with Crippen molar-refractivity contribution in [3.63, 3.8) is 0 Å². The van der Waals surface area contributed by atoms with Crippen molar-refractivity contribution in [2.75, 3.05) is 13.2 Å². The largest absolute Gasteiger partial charge is 0.490 e. The maximum absolute atomic E-state index is 13.4.